The van der Waals surface area contributed by atoms with Crippen LogP contribution in [-0.4, -0.2) is 11.9 Å². The average molecular weight is 419 g/mol. The predicted molar refractivity (Wildman–Crippen MR) is 106 cm³/mol. The second-order valence-corrected chi connectivity index (χ2v) is 6.89. The second-order valence-electron chi connectivity index (χ2n) is 5.64. The molecule has 4 rings (SSSR count). The molecule has 7 heteroatoms. The molecule has 1 aromatic heterocycles. The average Bonchev–Trinajstić information content (AvgIpc) is 3.23. The van der Waals surface area contributed by atoms with Gasteiger partial charge in [-0.25, -0.2) is 9.79 Å². The van der Waals surface area contributed by atoms with Crippen LogP contribution in [0.2, 0.25) is 15.1 Å². The SMILES string of the molecule is O=C1OC(c2ccccc2Cl)=N/C1=C\c1ccc(-c2ccc(Cl)cc2Cl)o1. The van der Waals surface area contributed by atoms with Gasteiger partial charge in [0.25, 0.3) is 0 Å². The van der Waals surface area contributed by atoms with Crippen LogP contribution in [0.15, 0.2) is 69.7 Å². The van der Waals surface area contributed by atoms with Gasteiger partial charge in [0.1, 0.15) is 11.5 Å². The lowest BCUT2D eigenvalue weighted by Crippen LogP contribution is -2.05. The van der Waals surface area contributed by atoms with Gasteiger partial charge in [-0.2, -0.15) is 0 Å². The number of halogens is 3. The van der Waals surface area contributed by atoms with Gasteiger partial charge in [-0.1, -0.05) is 46.9 Å². The molecule has 2 aromatic carbocycles. The van der Waals surface area contributed by atoms with Gasteiger partial charge in [-0.05, 0) is 42.5 Å². The van der Waals surface area contributed by atoms with Crippen LogP contribution in [0.25, 0.3) is 17.4 Å². The molecule has 27 heavy (non-hydrogen) atoms. The Kier molecular flexibility index (Phi) is 4.79. The molecule has 0 unspecified atom stereocenters. The maximum absolute atomic E-state index is 12.1. The van der Waals surface area contributed by atoms with Gasteiger partial charge in [0, 0.05) is 16.7 Å². The quantitative estimate of drug-likeness (QED) is 0.373. The zero-order valence-corrected chi connectivity index (χ0v) is 15.8. The number of benzene rings is 2. The fourth-order valence-corrected chi connectivity index (χ4v) is 3.28. The number of carbonyl (C=O) groups excluding carboxylic acids is 1. The summed E-state index contributed by atoms with van der Waals surface area (Å²) in [6, 6.07) is 15.6. The molecule has 0 spiro atoms. The van der Waals surface area contributed by atoms with Crippen LogP contribution in [0, 0.1) is 0 Å². The summed E-state index contributed by atoms with van der Waals surface area (Å²) in [5.74, 6) is 0.564. The Labute approximate surface area is 169 Å². The van der Waals surface area contributed by atoms with Crippen molar-refractivity contribution in [3.8, 4) is 11.3 Å². The van der Waals surface area contributed by atoms with E-state index in [1.54, 1.807) is 54.6 Å². The van der Waals surface area contributed by atoms with E-state index < -0.39 is 5.97 Å². The number of hydrogen-bond acceptors (Lipinski definition) is 4. The van der Waals surface area contributed by atoms with Crippen molar-refractivity contribution in [1.82, 2.24) is 0 Å². The number of cyclic esters (lactones) is 1. The van der Waals surface area contributed by atoms with E-state index in [0.29, 0.717) is 37.7 Å². The normalized spacial score (nSPS) is 15.1. The van der Waals surface area contributed by atoms with Crippen LogP contribution in [0.1, 0.15) is 11.3 Å². The second kappa shape index (κ2) is 7.24. The molecule has 2 heterocycles. The first kappa shape index (κ1) is 17.9. The predicted octanol–water partition coefficient (Wildman–Crippen LogP) is 6.25. The summed E-state index contributed by atoms with van der Waals surface area (Å²) in [7, 11) is 0. The fourth-order valence-electron chi connectivity index (χ4n) is 2.56. The number of hydrogen-bond donors (Lipinski definition) is 0. The summed E-state index contributed by atoms with van der Waals surface area (Å²) < 4.78 is 11.0. The number of esters is 1. The van der Waals surface area contributed by atoms with E-state index in [2.05, 4.69) is 4.99 Å². The van der Waals surface area contributed by atoms with Crippen molar-refractivity contribution in [3.63, 3.8) is 0 Å². The van der Waals surface area contributed by atoms with Gasteiger partial charge in [0.15, 0.2) is 5.70 Å². The van der Waals surface area contributed by atoms with E-state index in [1.165, 1.54) is 6.08 Å². The molecule has 0 N–H and O–H groups in total. The van der Waals surface area contributed by atoms with Crippen molar-refractivity contribution in [2.75, 3.05) is 0 Å². The molecule has 0 radical (unpaired) electrons. The Bertz CT molecular complexity index is 1120. The number of carbonyl (C=O) groups is 1. The van der Waals surface area contributed by atoms with Crippen molar-refractivity contribution < 1.29 is 13.9 Å². The third kappa shape index (κ3) is 3.65. The zero-order chi connectivity index (χ0) is 19.0. The van der Waals surface area contributed by atoms with Gasteiger partial charge in [0.2, 0.25) is 5.90 Å². The lowest BCUT2D eigenvalue weighted by atomic mass is 10.2. The molecule has 0 bridgehead atoms. The molecule has 4 nitrogen and oxygen atoms in total. The Morgan fingerprint density at radius 1 is 0.889 bits per heavy atom. The highest BCUT2D eigenvalue weighted by atomic mass is 35.5. The van der Waals surface area contributed by atoms with E-state index in [0.717, 1.165) is 0 Å². The first-order valence-corrected chi connectivity index (χ1v) is 8.97. The Morgan fingerprint density at radius 2 is 1.70 bits per heavy atom. The van der Waals surface area contributed by atoms with E-state index in [9.17, 15) is 4.79 Å². The van der Waals surface area contributed by atoms with Gasteiger partial charge in [-0.15, -0.1) is 0 Å². The van der Waals surface area contributed by atoms with Crippen LogP contribution in [0.4, 0.5) is 0 Å². The van der Waals surface area contributed by atoms with Crippen LogP contribution < -0.4 is 0 Å². The van der Waals surface area contributed by atoms with Crippen LogP contribution in [0.5, 0.6) is 0 Å². The molecule has 0 aliphatic carbocycles. The molecule has 0 saturated carbocycles. The van der Waals surface area contributed by atoms with Gasteiger partial charge in [-0.3, -0.25) is 0 Å². The summed E-state index contributed by atoms with van der Waals surface area (Å²) in [5, 5.41) is 1.45. The number of nitrogens with zero attached hydrogens (tertiary/aromatic N) is 1. The van der Waals surface area contributed by atoms with Crippen molar-refractivity contribution in [3.05, 3.63) is 86.7 Å². The first-order chi connectivity index (χ1) is 13.0. The maximum atomic E-state index is 12.1. The Hall–Kier alpha value is -2.53. The van der Waals surface area contributed by atoms with Gasteiger partial charge < -0.3 is 9.15 Å². The third-order valence-electron chi connectivity index (χ3n) is 3.83. The molecule has 1 aliphatic rings. The largest absolute Gasteiger partial charge is 0.457 e. The number of furan rings is 1. The molecule has 3 aromatic rings. The minimum absolute atomic E-state index is 0.119. The fraction of sp³-hybridized carbons (Fsp3) is 0. The molecular weight excluding hydrogens is 409 g/mol. The Balaban J connectivity index is 1.65. The molecule has 0 saturated heterocycles. The lowest BCUT2D eigenvalue weighted by Gasteiger charge is -2.00. The molecule has 1 aliphatic heterocycles. The van der Waals surface area contributed by atoms with Crippen LogP contribution in [0.3, 0.4) is 0 Å². The van der Waals surface area contributed by atoms with Crippen LogP contribution in [-0.2, 0) is 9.53 Å². The highest BCUT2D eigenvalue weighted by Gasteiger charge is 2.26. The van der Waals surface area contributed by atoms with Gasteiger partial charge in [0.05, 0.1) is 15.6 Å². The number of aliphatic imine (C=N–C) groups is 1. The minimum atomic E-state index is -0.576. The smallest absolute Gasteiger partial charge is 0.363 e. The monoisotopic (exact) mass is 417 g/mol. The van der Waals surface area contributed by atoms with E-state index in [1.807, 2.05) is 0 Å². The van der Waals surface area contributed by atoms with E-state index in [-0.39, 0.29) is 11.6 Å². The molecule has 134 valence electrons. The highest BCUT2D eigenvalue weighted by molar-refractivity contribution is 6.36. The molecular formula is C20H10Cl3NO3. The summed E-state index contributed by atoms with van der Waals surface area (Å²) in [4.78, 5) is 16.3. The number of rotatable bonds is 3. The van der Waals surface area contributed by atoms with E-state index >= 15 is 0 Å². The number of ether oxygens (including phenoxy) is 1. The molecule has 0 fully saturated rings. The van der Waals surface area contributed by atoms with Crippen molar-refractivity contribution in [2.45, 2.75) is 0 Å². The lowest BCUT2D eigenvalue weighted by molar-refractivity contribution is -0.129. The topological polar surface area (TPSA) is 51.8 Å². The van der Waals surface area contributed by atoms with Gasteiger partial charge >= 0.3 is 5.97 Å². The van der Waals surface area contributed by atoms with Crippen LogP contribution >= 0.6 is 34.8 Å². The Morgan fingerprint density at radius 3 is 2.48 bits per heavy atom. The minimum Gasteiger partial charge on any atom is -0.457 e. The summed E-state index contributed by atoms with van der Waals surface area (Å²) >= 11 is 18.2. The summed E-state index contributed by atoms with van der Waals surface area (Å²) in [5.41, 5.74) is 1.36. The zero-order valence-electron chi connectivity index (χ0n) is 13.6. The summed E-state index contributed by atoms with van der Waals surface area (Å²) in [6.45, 7) is 0. The molecule has 0 atom stereocenters. The standard InChI is InChI=1S/C20H10Cl3NO3/c21-11-5-7-13(16(23)9-11)18-8-6-12(26-18)10-17-20(25)27-19(24-17)14-3-1-2-4-15(14)22/h1-10H/b17-10-. The van der Waals surface area contributed by atoms with E-state index in [4.69, 9.17) is 44.0 Å². The van der Waals surface area contributed by atoms with Crippen molar-refractivity contribution >= 4 is 52.7 Å². The summed E-state index contributed by atoms with van der Waals surface area (Å²) in [6.07, 6.45) is 1.50. The first-order valence-electron chi connectivity index (χ1n) is 7.84. The molecule has 0 amide bonds. The third-order valence-corrected chi connectivity index (χ3v) is 4.70. The van der Waals surface area contributed by atoms with Crippen molar-refractivity contribution in [2.24, 2.45) is 4.99 Å². The maximum Gasteiger partial charge on any atom is 0.363 e. The van der Waals surface area contributed by atoms with Crippen molar-refractivity contribution in [1.29, 1.82) is 0 Å². The highest BCUT2D eigenvalue weighted by Crippen LogP contribution is 2.32.